The van der Waals surface area contributed by atoms with E-state index in [-0.39, 0.29) is 12.0 Å². The minimum atomic E-state index is -0.170. The number of carbonyl (C=O) groups excluding carboxylic acids is 1. The molecule has 1 saturated heterocycles. The minimum absolute atomic E-state index is 0.159. The number of esters is 1. The molecular weight excluding hydrogens is 204 g/mol. The van der Waals surface area contributed by atoms with E-state index in [1.807, 2.05) is 6.92 Å². The lowest BCUT2D eigenvalue weighted by molar-refractivity contribution is -0.148. The Kier molecular flexibility index (Phi) is 5.22. The number of nitrogens with zero attached hydrogens (tertiary/aromatic N) is 1. The van der Waals surface area contributed by atoms with E-state index in [9.17, 15) is 4.79 Å². The van der Waals surface area contributed by atoms with Gasteiger partial charge in [0.2, 0.25) is 0 Å². The Morgan fingerprint density at radius 1 is 1.62 bits per heavy atom. The molecule has 1 fully saturated rings. The second-order valence-electron chi connectivity index (χ2n) is 4.63. The summed E-state index contributed by atoms with van der Waals surface area (Å²) in [7, 11) is 1.44. The lowest BCUT2D eigenvalue weighted by Crippen LogP contribution is -2.53. The van der Waals surface area contributed by atoms with E-state index < -0.39 is 0 Å². The molecule has 0 aromatic rings. The number of methoxy groups -OCH3 is 1. The van der Waals surface area contributed by atoms with Gasteiger partial charge in [0.25, 0.3) is 0 Å². The van der Waals surface area contributed by atoms with Crippen LogP contribution in [0, 0.1) is 5.92 Å². The first-order valence-electron chi connectivity index (χ1n) is 6.17. The predicted octanol–water partition coefficient (Wildman–Crippen LogP) is 0.997. The smallest absolute Gasteiger partial charge is 0.322 e. The number of likely N-dealkylation sites (tertiary alicyclic amines) is 1. The molecule has 0 aromatic carbocycles. The molecule has 4 heteroatoms. The number of carbonyl (C=O) groups is 1. The highest BCUT2D eigenvalue weighted by atomic mass is 16.5. The topological polar surface area (TPSA) is 55.6 Å². The molecule has 1 heterocycles. The van der Waals surface area contributed by atoms with Crippen molar-refractivity contribution in [2.45, 2.75) is 45.2 Å². The molecule has 94 valence electrons. The molecule has 3 atom stereocenters. The van der Waals surface area contributed by atoms with Crippen LogP contribution in [0.3, 0.4) is 0 Å². The maximum absolute atomic E-state index is 11.5. The van der Waals surface area contributed by atoms with Gasteiger partial charge in [0, 0.05) is 12.6 Å². The summed E-state index contributed by atoms with van der Waals surface area (Å²) in [5.74, 6) is 0.600. The van der Waals surface area contributed by atoms with Gasteiger partial charge < -0.3 is 10.5 Å². The molecule has 0 aliphatic carbocycles. The predicted molar refractivity (Wildman–Crippen MR) is 64.0 cm³/mol. The largest absolute Gasteiger partial charge is 0.468 e. The van der Waals surface area contributed by atoms with Crippen molar-refractivity contribution in [3.8, 4) is 0 Å². The van der Waals surface area contributed by atoms with Gasteiger partial charge in [-0.1, -0.05) is 13.3 Å². The summed E-state index contributed by atoms with van der Waals surface area (Å²) in [4.78, 5) is 13.7. The van der Waals surface area contributed by atoms with Gasteiger partial charge in [0.1, 0.15) is 6.04 Å². The molecule has 16 heavy (non-hydrogen) atoms. The first-order valence-corrected chi connectivity index (χ1v) is 6.17. The Morgan fingerprint density at radius 2 is 2.31 bits per heavy atom. The number of hydrogen-bond donors (Lipinski definition) is 1. The molecule has 3 unspecified atom stereocenters. The summed E-state index contributed by atoms with van der Waals surface area (Å²) in [6.07, 6.45) is 3.47. The van der Waals surface area contributed by atoms with Gasteiger partial charge in [-0.3, -0.25) is 9.69 Å². The van der Waals surface area contributed by atoms with Crippen LogP contribution >= 0.6 is 0 Å². The SMILES string of the molecule is CCC1CCN(C(C)C(=O)OC)C(CN)C1. The zero-order valence-corrected chi connectivity index (χ0v) is 10.6. The first-order chi connectivity index (χ1) is 7.63. The van der Waals surface area contributed by atoms with Crippen LogP contribution in [0.15, 0.2) is 0 Å². The van der Waals surface area contributed by atoms with Gasteiger partial charge in [0.05, 0.1) is 7.11 Å². The quantitative estimate of drug-likeness (QED) is 0.729. The van der Waals surface area contributed by atoms with Crippen molar-refractivity contribution >= 4 is 5.97 Å². The third kappa shape index (κ3) is 2.95. The zero-order valence-electron chi connectivity index (χ0n) is 10.6. The lowest BCUT2D eigenvalue weighted by atomic mass is 9.88. The molecule has 0 bridgehead atoms. The van der Waals surface area contributed by atoms with E-state index in [0.29, 0.717) is 12.6 Å². The first kappa shape index (κ1) is 13.5. The number of hydrogen-bond acceptors (Lipinski definition) is 4. The molecule has 2 N–H and O–H groups in total. The molecule has 0 radical (unpaired) electrons. The van der Waals surface area contributed by atoms with E-state index in [0.717, 1.165) is 25.3 Å². The summed E-state index contributed by atoms with van der Waals surface area (Å²) in [5.41, 5.74) is 5.80. The van der Waals surface area contributed by atoms with Crippen LogP contribution in [0.4, 0.5) is 0 Å². The van der Waals surface area contributed by atoms with Crippen LogP contribution in [0.1, 0.15) is 33.1 Å². The van der Waals surface area contributed by atoms with Crippen molar-refractivity contribution in [1.82, 2.24) is 4.90 Å². The van der Waals surface area contributed by atoms with Crippen LogP contribution < -0.4 is 5.73 Å². The van der Waals surface area contributed by atoms with Crippen molar-refractivity contribution in [2.75, 3.05) is 20.2 Å². The number of nitrogens with two attached hydrogens (primary N) is 1. The van der Waals surface area contributed by atoms with E-state index in [1.54, 1.807) is 0 Å². The Balaban J connectivity index is 2.62. The second-order valence-corrected chi connectivity index (χ2v) is 4.63. The van der Waals surface area contributed by atoms with E-state index >= 15 is 0 Å². The second kappa shape index (κ2) is 6.21. The molecule has 0 aromatic heterocycles. The van der Waals surface area contributed by atoms with Gasteiger partial charge in [-0.05, 0) is 32.2 Å². The summed E-state index contributed by atoms with van der Waals surface area (Å²) in [6.45, 7) is 5.70. The number of piperidine rings is 1. The van der Waals surface area contributed by atoms with Crippen LogP contribution in [0.2, 0.25) is 0 Å². The van der Waals surface area contributed by atoms with E-state index in [4.69, 9.17) is 10.5 Å². The van der Waals surface area contributed by atoms with Crippen molar-refractivity contribution in [2.24, 2.45) is 11.7 Å². The van der Waals surface area contributed by atoms with Crippen LogP contribution in [0.5, 0.6) is 0 Å². The monoisotopic (exact) mass is 228 g/mol. The zero-order chi connectivity index (χ0) is 12.1. The maximum Gasteiger partial charge on any atom is 0.322 e. The van der Waals surface area contributed by atoms with Gasteiger partial charge >= 0.3 is 5.97 Å². The molecule has 1 rings (SSSR count). The van der Waals surface area contributed by atoms with Crippen LogP contribution in [-0.4, -0.2) is 43.2 Å². The summed E-state index contributed by atoms with van der Waals surface area (Å²) >= 11 is 0. The van der Waals surface area contributed by atoms with Crippen LogP contribution in [-0.2, 0) is 9.53 Å². The molecule has 0 spiro atoms. The van der Waals surface area contributed by atoms with E-state index in [1.165, 1.54) is 13.5 Å². The molecular formula is C12H24N2O2. The van der Waals surface area contributed by atoms with Crippen molar-refractivity contribution in [3.05, 3.63) is 0 Å². The van der Waals surface area contributed by atoms with Crippen molar-refractivity contribution in [1.29, 1.82) is 0 Å². The third-order valence-corrected chi connectivity index (χ3v) is 3.76. The molecule has 1 aliphatic rings. The summed E-state index contributed by atoms with van der Waals surface area (Å²) < 4.78 is 4.79. The van der Waals surface area contributed by atoms with Gasteiger partial charge in [-0.15, -0.1) is 0 Å². The molecule has 4 nitrogen and oxygen atoms in total. The normalized spacial score (nSPS) is 28.8. The van der Waals surface area contributed by atoms with E-state index in [2.05, 4.69) is 11.8 Å². The number of rotatable bonds is 4. The Hall–Kier alpha value is -0.610. The Labute approximate surface area is 98.1 Å². The maximum atomic E-state index is 11.5. The number of ether oxygens (including phenoxy) is 1. The summed E-state index contributed by atoms with van der Waals surface area (Å²) in [6, 6.07) is 0.157. The van der Waals surface area contributed by atoms with Crippen molar-refractivity contribution < 1.29 is 9.53 Å². The highest BCUT2D eigenvalue weighted by Gasteiger charge is 2.32. The van der Waals surface area contributed by atoms with Crippen LogP contribution in [0.25, 0.3) is 0 Å². The van der Waals surface area contributed by atoms with Gasteiger partial charge in [-0.2, -0.15) is 0 Å². The third-order valence-electron chi connectivity index (χ3n) is 3.76. The minimum Gasteiger partial charge on any atom is -0.468 e. The molecule has 0 saturated carbocycles. The standard InChI is InChI=1S/C12H24N2O2/c1-4-10-5-6-14(11(7-10)8-13)9(2)12(15)16-3/h9-11H,4-8,13H2,1-3H3. The molecule has 0 amide bonds. The van der Waals surface area contributed by atoms with Crippen molar-refractivity contribution in [3.63, 3.8) is 0 Å². The van der Waals surface area contributed by atoms with Gasteiger partial charge in [-0.25, -0.2) is 0 Å². The average Bonchev–Trinajstić information content (AvgIpc) is 2.35. The fraction of sp³-hybridized carbons (Fsp3) is 0.917. The fourth-order valence-electron chi connectivity index (χ4n) is 2.57. The highest BCUT2D eigenvalue weighted by molar-refractivity contribution is 5.75. The Morgan fingerprint density at radius 3 is 2.81 bits per heavy atom. The average molecular weight is 228 g/mol. The molecule has 1 aliphatic heterocycles. The highest BCUT2D eigenvalue weighted by Crippen LogP contribution is 2.26. The fourth-order valence-corrected chi connectivity index (χ4v) is 2.57. The Bertz CT molecular complexity index is 233. The van der Waals surface area contributed by atoms with Gasteiger partial charge in [0.15, 0.2) is 0 Å². The summed E-state index contributed by atoms with van der Waals surface area (Å²) in [5, 5.41) is 0. The lowest BCUT2D eigenvalue weighted by Gasteiger charge is -2.41.